The minimum absolute atomic E-state index is 0.164. The van der Waals surface area contributed by atoms with E-state index < -0.39 is 0 Å². The normalized spacial score (nSPS) is 24.5. The average Bonchev–Trinajstić information content (AvgIpc) is 2.25. The molecule has 1 aromatic heterocycles. The lowest BCUT2D eigenvalue weighted by molar-refractivity contribution is 0.178. The van der Waals surface area contributed by atoms with Crippen LogP contribution in [0.5, 0.6) is 5.88 Å². The summed E-state index contributed by atoms with van der Waals surface area (Å²) in [6.45, 7) is 2.99. The molecule has 1 aliphatic carbocycles. The zero-order valence-electron chi connectivity index (χ0n) is 10.2. The minimum Gasteiger partial charge on any atom is -0.477 e. The van der Waals surface area contributed by atoms with E-state index in [9.17, 15) is 0 Å². The van der Waals surface area contributed by atoms with Crippen LogP contribution in [0.4, 0.5) is 11.8 Å². The Hall–Kier alpha value is -1.52. The molecule has 1 aromatic rings. The van der Waals surface area contributed by atoms with Crippen LogP contribution in [-0.2, 0) is 0 Å². The van der Waals surface area contributed by atoms with Crippen molar-refractivity contribution in [1.29, 1.82) is 0 Å². The molecule has 0 bridgehead atoms. The zero-order valence-corrected chi connectivity index (χ0v) is 10.2. The monoisotopic (exact) mass is 236 g/mol. The average molecular weight is 236 g/mol. The number of nitrogens with zero attached hydrogens (tertiary/aromatic N) is 2. The molecule has 1 aliphatic rings. The molecule has 94 valence electrons. The Morgan fingerprint density at radius 1 is 1.35 bits per heavy atom. The number of nitrogens with two attached hydrogens (primary N) is 2. The van der Waals surface area contributed by atoms with E-state index >= 15 is 0 Å². The maximum Gasteiger partial charge on any atom is 0.225 e. The van der Waals surface area contributed by atoms with Crippen molar-refractivity contribution >= 4 is 11.8 Å². The van der Waals surface area contributed by atoms with Crippen LogP contribution in [0.3, 0.4) is 0 Å². The number of ether oxygens (including phenoxy) is 1. The Labute approximate surface area is 102 Å². The molecule has 5 heteroatoms. The third-order valence-electron chi connectivity index (χ3n) is 3.25. The largest absolute Gasteiger partial charge is 0.477 e. The van der Waals surface area contributed by atoms with Crippen molar-refractivity contribution in [1.82, 2.24) is 9.97 Å². The Balaban J connectivity index is 1.88. The maximum atomic E-state index is 5.64. The maximum absolute atomic E-state index is 5.64. The smallest absolute Gasteiger partial charge is 0.225 e. The number of rotatable bonds is 3. The van der Waals surface area contributed by atoms with Crippen molar-refractivity contribution in [3.8, 4) is 5.88 Å². The van der Waals surface area contributed by atoms with Crippen molar-refractivity contribution in [2.45, 2.75) is 32.6 Å². The van der Waals surface area contributed by atoms with Crippen LogP contribution in [-0.4, -0.2) is 16.6 Å². The molecule has 4 N–H and O–H groups in total. The SMILES string of the molecule is CC1CCCC(COc2cc(N)nc(N)n2)C1. The number of hydrogen-bond acceptors (Lipinski definition) is 5. The third kappa shape index (κ3) is 3.47. The summed E-state index contributed by atoms with van der Waals surface area (Å²) >= 11 is 0. The molecule has 5 nitrogen and oxygen atoms in total. The van der Waals surface area contributed by atoms with Gasteiger partial charge in [0, 0.05) is 6.07 Å². The van der Waals surface area contributed by atoms with E-state index in [1.54, 1.807) is 6.07 Å². The molecule has 0 saturated heterocycles. The van der Waals surface area contributed by atoms with Crippen molar-refractivity contribution < 1.29 is 4.74 Å². The molecule has 2 unspecified atom stereocenters. The molecule has 0 spiro atoms. The second kappa shape index (κ2) is 5.21. The van der Waals surface area contributed by atoms with Crippen molar-refractivity contribution in [2.75, 3.05) is 18.1 Å². The summed E-state index contributed by atoms with van der Waals surface area (Å²) in [6.07, 6.45) is 5.10. The van der Waals surface area contributed by atoms with Crippen LogP contribution in [0, 0.1) is 11.8 Å². The number of anilines is 2. The fourth-order valence-electron chi connectivity index (χ4n) is 2.45. The van der Waals surface area contributed by atoms with Crippen LogP contribution in [0.15, 0.2) is 6.07 Å². The standard InChI is InChI=1S/C12H20N4O/c1-8-3-2-4-9(5-8)7-17-11-6-10(13)15-12(14)16-11/h6,8-9H,2-5,7H2,1H3,(H4,13,14,15,16). The van der Waals surface area contributed by atoms with Crippen LogP contribution in [0.1, 0.15) is 32.6 Å². The van der Waals surface area contributed by atoms with Gasteiger partial charge in [0.15, 0.2) is 0 Å². The van der Waals surface area contributed by atoms with Gasteiger partial charge >= 0.3 is 0 Å². The van der Waals surface area contributed by atoms with Crippen LogP contribution >= 0.6 is 0 Å². The van der Waals surface area contributed by atoms with Crippen LogP contribution in [0.25, 0.3) is 0 Å². The topological polar surface area (TPSA) is 87.0 Å². The van der Waals surface area contributed by atoms with Crippen molar-refractivity contribution in [3.63, 3.8) is 0 Å². The van der Waals surface area contributed by atoms with Gasteiger partial charge in [-0.25, -0.2) is 0 Å². The molecule has 0 amide bonds. The number of nitrogen functional groups attached to an aromatic ring is 2. The van der Waals surface area contributed by atoms with Gasteiger partial charge in [-0.15, -0.1) is 0 Å². The molecule has 0 aromatic carbocycles. The molecule has 1 saturated carbocycles. The molecule has 0 radical (unpaired) electrons. The molecular formula is C12H20N4O. The van der Waals surface area contributed by atoms with Gasteiger partial charge in [-0.1, -0.05) is 19.8 Å². The van der Waals surface area contributed by atoms with E-state index in [2.05, 4.69) is 16.9 Å². The highest BCUT2D eigenvalue weighted by molar-refractivity contribution is 5.38. The summed E-state index contributed by atoms with van der Waals surface area (Å²) in [6, 6.07) is 1.61. The number of aromatic nitrogens is 2. The predicted octanol–water partition coefficient (Wildman–Crippen LogP) is 1.85. The summed E-state index contributed by atoms with van der Waals surface area (Å²) < 4.78 is 5.64. The second-order valence-corrected chi connectivity index (χ2v) is 4.94. The van der Waals surface area contributed by atoms with Gasteiger partial charge in [0.05, 0.1) is 6.61 Å². The third-order valence-corrected chi connectivity index (χ3v) is 3.25. The lowest BCUT2D eigenvalue weighted by atomic mass is 9.83. The van der Waals surface area contributed by atoms with Crippen molar-refractivity contribution in [2.24, 2.45) is 11.8 Å². The molecule has 2 atom stereocenters. The summed E-state index contributed by atoms with van der Waals surface area (Å²) in [4.78, 5) is 7.81. The van der Waals surface area contributed by atoms with Gasteiger partial charge < -0.3 is 16.2 Å². The molecule has 17 heavy (non-hydrogen) atoms. The highest BCUT2D eigenvalue weighted by Crippen LogP contribution is 2.29. The van der Waals surface area contributed by atoms with E-state index in [0.29, 0.717) is 24.2 Å². The highest BCUT2D eigenvalue weighted by Gasteiger charge is 2.19. The first kappa shape index (κ1) is 12.0. The summed E-state index contributed by atoms with van der Waals surface area (Å²) in [7, 11) is 0. The molecule has 1 fully saturated rings. The van der Waals surface area contributed by atoms with E-state index in [0.717, 1.165) is 5.92 Å². The lowest BCUT2D eigenvalue weighted by Crippen LogP contribution is -2.20. The van der Waals surface area contributed by atoms with Gasteiger partial charge in [0.1, 0.15) is 5.82 Å². The van der Waals surface area contributed by atoms with E-state index in [1.165, 1.54) is 25.7 Å². The second-order valence-electron chi connectivity index (χ2n) is 4.94. The van der Waals surface area contributed by atoms with Crippen LogP contribution in [0.2, 0.25) is 0 Å². The van der Waals surface area contributed by atoms with Gasteiger partial charge in [0.2, 0.25) is 11.8 Å². The van der Waals surface area contributed by atoms with E-state index in [4.69, 9.17) is 16.2 Å². The zero-order chi connectivity index (χ0) is 12.3. The first-order valence-corrected chi connectivity index (χ1v) is 6.16. The summed E-state index contributed by atoms with van der Waals surface area (Å²) in [5.41, 5.74) is 11.1. The van der Waals surface area contributed by atoms with E-state index in [1.807, 2.05) is 0 Å². The quantitative estimate of drug-likeness (QED) is 0.836. The predicted molar refractivity (Wildman–Crippen MR) is 67.5 cm³/mol. The van der Waals surface area contributed by atoms with Crippen LogP contribution < -0.4 is 16.2 Å². The Kier molecular flexibility index (Phi) is 3.66. The Morgan fingerprint density at radius 2 is 2.18 bits per heavy atom. The summed E-state index contributed by atoms with van der Waals surface area (Å²) in [5.74, 6) is 2.42. The fraction of sp³-hybridized carbons (Fsp3) is 0.667. The Morgan fingerprint density at radius 3 is 2.88 bits per heavy atom. The molecule has 1 heterocycles. The molecule has 2 rings (SSSR count). The molecular weight excluding hydrogens is 216 g/mol. The van der Waals surface area contributed by atoms with Gasteiger partial charge in [-0.2, -0.15) is 9.97 Å². The number of hydrogen-bond donors (Lipinski definition) is 2. The first-order chi connectivity index (χ1) is 8.13. The molecule has 0 aliphatic heterocycles. The fourth-order valence-corrected chi connectivity index (χ4v) is 2.45. The highest BCUT2D eigenvalue weighted by atomic mass is 16.5. The van der Waals surface area contributed by atoms with Gasteiger partial charge in [0.25, 0.3) is 0 Å². The van der Waals surface area contributed by atoms with Crippen molar-refractivity contribution in [3.05, 3.63) is 6.07 Å². The summed E-state index contributed by atoms with van der Waals surface area (Å²) in [5, 5.41) is 0. The van der Waals surface area contributed by atoms with Gasteiger partial charge in [-0.05, 0) is 24.7 Å². The van der Waals surface area contributed by atoms with E-state index in [-0.39, 0.29) is 5.95 Å². The minimum atomic E-state index is 0.164. The Bertz CT molecular complexity index is 363. The lowest BCUT2D eigenvalue weighted by Gasteiger charge is -2.26. The first-order valence-electron chi connectivity index (χ1n) is 6.16. The van der Waals surface area contributed by atoms with Gasteiger partial charge in [-0.3, -0.25) is 0 Å².